The second-order valence-electron chi connectivity index (χ2n) is 27.2. The lowest BCUT2D eigenvalue weighted by molar-refractivity contribution is 0.278. The zero-order valence-corrected chi connectivity index (χ0v) is 56.4. The number of para-hydroxylation sites is 3. The van der Waals surface area contributed by atoms with Crippen LogP contribution in [0.25, 0.3) is 50.0 Å². The number of ether oxygens (including phenoxy) is 2. The molecular weight excluding hydrogens is 1270 g/mol. The molecule has 1 saturated carbocycles. The van der Waals surface area contributed by atoms with E-state index in [-0.39, 0.29) is 44.8 Å². The Labute approximate surface area is 567 Å². The van der Waals surface area contributed by atoms with Crippen molar-refractivity contribution in [2.24, 2.45) is 16.2 Å². The summed E-state index contributed by atoms with van der Waals surface area (Å²) >= 11 is 0. The van der Waals surface area contributed by atoms with Crippen LogP contribution in [-0.2, 0) is 6.42 Å². The third kappa shape index (κ3) is 12.2. The van der Waals surface area contributed by atoms with Crippen molar-refractivity contribution in [3.8, 4) is 47.0 Å². The van der Waals surface area contributed by atoms with Crippen LogP contribution in [0.2, 0.25) is 0 Å². The van der Waals surface area contributed by atoms with Crippen molar-refractivity contribution in [2.45, 2.75) is 114 Å². The van der Waals surface area contributed by atoms with Gasteiger partial charge < -0.3 is 24.2 Å². The van der Waals surface area contributed by atoms with E-state index < -0.39 is 34.9 Å². The van der Waals surface area contributed by atoms with Crippen LogP contribution < -0.4 is 24.2 Å². The molecule has 502 valence electrons. The fourth-order valence-electron chi connectivity index (χ4n) is 12.8. The smallest absolute Gasteiger partial charge is 0.257 e. The van der Waals surface area contributed by atoms with E-state index >= 15 is 8.78 Å². The van der Waals surface area contributed by atoms with Crippen molar-refractivity contribution < 1.29 is 35.8 Å². The maximum atomic E-state index is 15.3. The maximum absolute atomic E-state index is 15.3. The summed E-state index contributed by atoms with van der Waals surface area (Å²) in [6, 6.07) is 27.7. The SMILES string of the molecule is Cc1nnc2nc(N3CCCOc4c(C#CC(C)(C)C)cccc43)c3c(F)c(F)ccc3n12.Cc1nnc2nc(N3CCCOc4c(C#CC5(C(C)F)CC5)cccc43)c3c(F)c(F)ccc3n12.Cc1nnc2nc(N3CCCc4c(C#CC(C)(C)C)cccc43)c3cccc(F)c3n12. The van der Waals surface area contributed by atoms with Crippen molar-refractivity contribution in [3.63, 3.8) is 0 Å². The van der Waals surface area contributed by atoms with Crippen molar-refractivity contribution in [3.05, 3.63) is 166 Å². The zero-order chi connectivity index (χ0) is 69.4. The Bertz CT molecular complexity index is 5460. The molecule has 1 unspecified atom stereocenters. The Morgan fingerprint density at radius 2 is 0.929 bits per heavy atom. The van der Waals surface area contributed by atoms with Gasteiger partial charge in [-0.05, 0) is 186 Å². The van der Waals surface area contributed by atoms with Gasteiger partial charge in [0.2, 0.25) is 0 Å². The van der Waals surface area contributed by atoms with E-state index in [0.29, 0.717) is 119 Å². The predicted molar refractivity (Wildman–Crippen MR) is 370 cm³/mol. The van der Waals surface area contributed by atoms with Crippen LogP contribution >= 0.6 is 0 Å². The average Bonchev–Trinajstić information content (AvgIpc) is 1.64. The van der Waals surface area contributed by atoms with Crippen molar-refractivity contribution >= 4 is 84.6 Å². The van der Waals surface area contributed by atoms with Crippen molar-refractivity contribution in [1.29, 1.82) is 0 Å². The monoisotopic (exact) mass is 1340 g/mol. The molecule has 12 aromatic rings. The molecular formula is C76H69F6N15O2. The van der Waals surface area contributed by atoms with Crippen LogP contribution in [-0.4, -0.2) is 97.8 Å². The first kappa shape index (κ1) is 65.3. The first-order valence-corrected chi connectivity index (χ1v) is 33.0. The molecule has 6 aromatic heterocycles. The lowest BCUT2D eigenvalue weighted by atomic mass is 9.93. The molecule has 16 rings (SSSR count). The van der Waals surface area contributed by atoms with Gasteiger partial charge in [0.1, 0.15) is 46.9 Å². The minimum atomic E-state index is -1.01. The number of alkyl halides is 1. The highest BCUT2D eigenvalue weighted by Gasteiger charge is 2.47. The molecule has 0 radical (unpaired) electrons. The number of nitrogens with zero attached hydrogens (tertiary/aromatic N) is 15. The number of aromatic nitrogens is 12. The van der Waals surface area contributed by atoms with Crippen LogP contribution in [0.15, 0.2) is 97.1 Å². The molecule has 6 aromatic carbocycles. The van der Waals surface area contributed by atoms with Crippen LogP contribution in [0.4, 0.5) is 60.9 Å². The molecule has 17 nitrogen and oxygen atoms in total. The lowest BCUT2D eigenvalue weighted by Crippen LogP contribution is -2.26. The molecule has 0 saturated heterocycles. The van der Waals surface area contributed by atoms with Gasteiger partial charge >= 0.3 is 0 Å². The molecule has 0 bridgehead atoms. The second-order valence-corrected chi connectivity index (χ2v) is 27.2. The van der Waals surface area contributed by atoms with Crippen LogP contribution in [0, 0.1) is 102 Å². The molecule has 4 aliphatic rings. The first-order chi connectivity index (χ1) is 47.5. The normalized spacial score (nSPS) is 15.1. The Kier molecular flexibility index (Phi) is 16.8. The number of hydrogen-bond donors (Lipinski definition) is 0. The van der Waals surface area contributed by atoms with E-state index in [9.17, 15) is 17.6 Å². The number of benzene rings is 6. The molecule has 0 spiro atoms. The highest BCUT2D eigenvalue weighted by atomic mass is 19.2. The van der Waals surface area contributed by atoms with Gasteiger partial charge in [-0.2, -0.15) is 15.0 Å². The third-order valence-corrected chi connectivity index (χ3v) is 17.8. The Morgan fingerprint density at radius 1 is 0.485 bits per heavy atom. The standard InChI is InChI=1S/C26H22F3N5O.C25H23F2N5O.C25H24FN5/c1-15(27)26(11-12-26)10-9-17-5-3-6-20-23(17)35-14-4-13-33(20)24-21-19(8-7-18(28)22(21)29)34-16(2)31-32-25(34)30-24;1-15-29-30-24-28-23(20-18(32(15)24)10-9-17(26)21(20)27)31-13-6-14-33-22-16(7-5-8-19(22)31)11-12-25(2,3)4;1-16-28-29-24-27-23(19-9-6-11-20(26)22(19)31(16)24)30-15-7-10-18-17(8-5-12-21(18)30)13-14-25(2,3)4/h3,5-8,15H,4,11-14H2,1-2H3;5,7-10H,6,13-14H2,1-4H3;5-6,8-9,11-12H,7,10,15H2,1-4H3. The molecule has 1 atom stereocenters. The Morgan fingerprint density at radius 3 is 1.44 bits per heavy atom. The number of aryl methyl sites for hydroxylation is 3. The summed E-state index contributed by atoms with van der Waals surface area (Å²) in [5, 5.41) is 25.6. The van der Waals surface area contributed by atoms with Gasteiger partial charge in [0.05, 0.1) is 68.5 Å². The van der Waals surface area contributed by atoms with Crippen LogP contribution in [0.1, 0.15) is 120 Å². The van der Waals surface area contributed by atoms with Gasteiger partial charge in [0.25, 0.3) is 17.3 Å². The second kappa shape index (κ2) is 25.5. The predicted octanol–water partition coefficient (Wildman–Crippen LogP) is 15.7. The molecule has 1 fully saturated rings. The topological polar surface area (TPSA) is 157 Å². The number of hydrogen-bond acceptors (Lipinski definition) is 14. The van der Waals surface area contributed by atoms with E-state index in [1.807, 2.05) is 86.0 Å². The molecule has 3 aliphatic heterocycles. The molecule has 1 aliphatic carbocycles. The van der Waals surface area contributed by atoms with Gasteiger partial charge in [0.15, 0.2) is 34.8 Å². The van der Waals surface area contributed by atoms with E-state index in [0.717, 1.165) is 66.6 Å². The largest absolute Gasteiger partial charge is 0.490 e. The van der Waals surface area contributed by atoms with E-state index in [4.69, 9.17) is 14.5 Å². The summed E-state index contributed by atoms with van der Waals surface area (Å²) in [5.74, 6) is 20.3. The minimum Gasteiger partial charge on any atom is -0.490 e. The van der Waals surface area contributed by atoms with Crippen molar-refractivity contribution in [1.82, 2.24) is 58.7 Å². The Balaban J connectivity index is 0.000000127. The lowest BCUT2D eigenvalue weighted by Gasteiger charge is -2.32. The van der Waals surface area contributed by atoms with E-state index in [1.165, 1.54) is 30.7 Å². The highest BCUT2D eigenvalue weighted by molar-refractivity contribution is 5.97. The van der Waals surface area contributed by atoms with E-state index in [2.05, 4.69) is 114 Å². The number of rotatable bonds is 4. The minimum absolute atomic E-state index is 0.0351. The quantitative estimate of drug-likeness (QED) is 0.121. The van der Waals surface area contributed by atoms with Gasteiger partial charge in [-0.3, -0.25) is 13.2 Å². The first-order valence-electron chi connectivity index (χ1n) is 33.0. The van der Waals surface area contributed by atoms with Crippen LogP contribution in [0.3, 0.4) is 0 Å². The summed E-state index contributed by atoms with van der Waals surface area (Å²) in [4.78, 5) is 19.9. The molecule has 0 amide bonds. The summed E-state index contributed by atoms with van der Waals surface area (Å²) in [6.07, 6.45) is 3.66. The zero-order valence-electron chi connectivity index (χ0n) is 56.4. The fraction of sp³-hybridized carbons (Fsp3) is 0.329. The highest BCUT2D eigenvalue weighted by Crippen LogP contribution is 2.50. The molecule has 9 heterocycles. The summed E-state index contributed by atoms with van der Waals surface area (Å²) < 4.78 is 105. The summed E-state index contributed by atoms with van der Waals surface area (Å²) in [5.41, 5.74) is 6.52. The van der Waals surface area contributed by atoms with Gasteiger partial charge in [0, 0.05) is 47.1 Å². The molecule has 23 heteroatoms. The molecule has 0 N–H and O–H groups in total. The number of fused-ring (bicyclic) bond motifs is 12. The van der Waals surface area contributed by atoms with Crippen molar-refractivity contribution in [2.75, 3.05) is 47.5 Å². The van der Waals surface area contributed by atoms with Gasteiger partial charge in [-0.1, -0.05) is 59.8 Å². The maximum Gasteiger partial charge on any atom is 0.257 e. The number of anilines is 6. The summed E-state index contributed by atoms with van der Waals surface area (Å²) in [7, 11) is 0. The van der Waals surface area contributed by atoms with E-state index in [1.54, 1.807) is 33.1 Å². The Hall–Kier alpha value is -11.0. The van der Waals surface area contributed by atoms with Gasteiger partial charge in [-0.15, -0.1) is 30.6 Å². The molecule has 99 heavy (non-hydrogen) atoms. The van der Waals surface area contributed by atoms with Gasteiger partial charge in [-0.25, -0.2) is 26.3 Å². The fourth-order valence-corrected chi connectivity index (χ4v) is 12.8. The number of halogens is 6. The third-order valence-electron chi connectivity index (χ3n) is 17.8. The summed E-state index contributed by atoms with van der Waals surface area (Å²) in [6.45, 7) is 21.9. The average molecular weight is 1340 g/mol. The van der Waals surface area contributed by atoms with Crippen LogP contribution in [0.5, 0.6) is 11.5 Å².